The fourth-order valence-electron chi connectivity index (χ4n) is 2.42. The van der Waals surface area contributed by atoms with Crippen molar-refractivity contribution in [1.82, 2.24) is 5.32 Å². The zero-order chi connectivity index (χ0) is 15.3. The van der Waals surface area contributed by atoms with Crippen LogP contribution in [-0.4, -0.2) is 18.2 Å². The molecule has 1 aliphatic rings. The lowest BCUT2D eigenvalue weighted by atomic mass is 9.98. The molecule has 1 aliphatic carbocycles. The molecule has 21 heavy (non-hydrogen) atoms. The normalized spacial score (nSPS) is 17.3. The molecule has 0 aromatic heterocycles. The molecule has 2 rings (SSSR count). The molecule has 0 heterocycles. The highest BCUT2D eigenvalue weighted by molar-refractivity contribution is 5.30. The first-order chi connectivity index (χ1) is 10.0. The molecule has 0 amide bonds. The van der Waals surface area contributed by atoms with Crippen LogP contribution in [0, 0.1) is 11.3 Å². The lowest BCUT2D eigenvalue weighted by molar-refractivity contribution is 0.284. The van der Waals surface area contributed by atoms with Crippen molar-refractivity contribution >= 4 is 0 Å². The van der Waals surface area contributed by atoms with E-state index >= 15 is 0 Å². The summed E-state index contributed by atoms with van der Waals surface area (Å²) in [6.07, 6.45) is 4.12. The van der Waals surface area contributed by atoms with E-state index in [1.165, 1.54) is 18.4 Å². The van der Waals surface area contributed by atoms with Crippen molar-refractivity contribution in [1.29, 1.82) is 5.26 Å². The van der Waals surface area contributed by atoms with Gasteiger partial charge in [-0.2, -0.15) is 5.26 Å². The van der Waals surface area contributed by atoms with Gasteiger partial charge in [-0.05, 0) is 56.2 Å². The number of nitrogens with zero attached hydrogens (tertiary/aromatic N) is 1. The molecule has 114 valence electrons. The zero-order valence-electron chi connectivity index (χ0n) is 13.4. The summed E-state index contributed by atoms with van der Waals surface area (Å²) in [5.41, 5.74) is 0.884. The molecule has 1 aromatic rings. The lowest BCUT2D eigenvalue weighted by Crippen LogP contribution is -2.42. The topological polar surface area (TPSA) is 45.0 Å². The predicted molar refractivity (Wildman–Crippen MR) is 85.4 cm³/mol. The maximum atomic E-state index is 9.32. The third kappa shape index (κ3) is 5.06. The van der Waals surface area contributed by atoms with Crippen LogP contribution >= 0.6 is 0 Å². The molecule has 1 fully saturated rings. The van der Waals surface area contributed by atoms with Gasteiger partial charge >= 0.3 is 0 Å². The van der Waals surface area contributed by atoms with Crippen LogP contribution in [0.5, 0.6) is 5.75 Å². The highest BCUT2D eigenvalue weighted by atomic mass is 16.5. The van der Waals surface area contributed by atoms with Gasteiger partial charge in [0.05, 0.1) is 12.7 Å². The molecule has 1 unspecified atom stereocenters. The van der Waals surface area contributed by atoms with Crippen molar-refractivity contribution in [2.45, 2.75) is 64.0 Å². The lowest BCUT2D eigenvalue weighted by Gasteiger charge is -2.23. The molecule has 3 heteroatoms. The van der Waals surface area contributed by atoms with Crippen LogP contribution < -0.4 is 10.1 Å². The van der Waals surface area contributed by atoms with Gasteiger partial charge in [-0.1, -0.05) is 26.0 Å². The molecular formula is C18H26N2O. The van der Waals surface area contributed by atoms with E-state index in [2.05, 4.69) is 37.4 Å². The Bertz CT molecular complexity index is 502. The Morgan fingerprint density at radius 3 is 2.81 bits per heavy atom. The Balaban J connectivity index is 1.76. The maximum absolute atomic E-state index is 9.32. The number of hydrogen-bond donors (Lipinski definition) is 1. The number of nitrogens with one attached hydrogen (secondary N) is 1. The average Bonchev–Trinajstić information content (AvgIpc) is 3.28. The van der Waals surface area contributed by atoms with Crippen molar-refractivity contribution < 1.29 is 4.74 Å². The standard InChI is InChI=1S/C18H26N2O/c1-14(2)15-6-4-7-17(12-15)21-11-5-10-18(3,13-19)20-16-8-9-16/h4,6-7,12,14,16,20H,5,8-11H2,1-3H3. The number of nitriles is 1. The molecular weight excluding hydrogens is 260 g/mol. The smallest absolute Gasteiger partial charge is 0.119 e. The summed E-state index contributed by atoms with van der Waals surface area (Å²) >= 11 is 0. The van der Waals surface area contributed by atoms with Gasteiger partial charge in [0.15, 0.2) is 0 Å². The molecule has 1 saturated carbocycles. The monoisotopic (exact) mass is 286 g/mol. The van der Waals surface area contributed by atoms with Crippen LogP contribution in [0.4, 0.5) is 0 Å². The fourth-order valence-corrected chi connectivity index (χ4v) is 2.42. The average molecular weight is 286 g/mol. The minimum absolute atomic E-state index is 0.412. The SMILES string of the molecule is CC(C)c1cccc(OCCCC(C)(C#N)NC2CC2)c1. The number of ether oxygens (including phenoxy) is 1. The van der Waals surface area contributed by atoms with E-state index in [1.807, 2.05) is 19.1 Å². The van der Waals surface area contributed by atoms with Gasteiger partial charge in [0.25, 0.3) is 0 Å². The van der Waals surface area contributed by atoms with Crippen LogP contribution in [-0.2, 0) is 0 Å². The number of benzene rings is 1. The third-order valence-corrected chi connectivity index (χ3v) is 3.96. The molecule has 3 nitrogen and oxygen atoms in total. The minimum Gasteiger partial charge on any atom is -0.494 e. The first-order valence-corrected chi connectivity index (χ1v) is 7.94. The van der Waals surface area contributed by atoms with E-state index in [1.54, 1.807) is 0 Å². The first-order valence-electron chi connectivity index (χ1n) is 7.94. The van der Waals surface area contributed by atoms with E-state index in [0.717, 1.165) is 18.6 Å². The highest BCUT2D eigenvalue weighted by Crippen LogP contribution is 2.25. The van der Waals surface area contributed by atoms with E-state index in [4.69, 9.17) is 4.74 Å². The molecule has 1 N–H and O–H groups in total. The fraction of sp³-hybridized carbons (Fsp3) is 0.611. The number of rotatable bonds is 8. The van der Waals surface area contributed by atoms with E-state index in [-0.39, 0.29) is 0 Å². The van der Waals surface area contributed by atoms with Crippen molar-refractivity contribution in [3.05, 3.63) is 29.8 Å². The Hall–Kier alpha value is -1.53. The summed E-state index contributed by atoms with van der Waals surface area (Å²) < 4.78 is 5.82. The third-order valence-electron chi connectivity index (χ3n) is 3.96. The highest BCUT2D eigenvalue weighted by Gasteiger charge is 2.31. The summed E-state index contributed by atoms with van der Waals surface area (Å²) in [7, 11) is 0. The molecule has 0 aliphatic heterocycles. The molecule has 1 aromatic carbocycles. The van der Waals surface area contributed by atoms with E-state index in [0.29, 0.717) is 18.6 Å². The predicted octanol–water partition coefficient (Wildman–Crippen LogP) is 4.00. The van der Waals surface area contributed by atoms with Crippen LogP contribution in [0.15, 0.2) is 24.3 Å². The zero-order valence-corrected chi connectivity index (χ0v) is 13.4. The summed E-state index contributed by atoms with van der Waals surface area (Å²) in [5.74, 6) is 1.44. The summed E-state index contributed by atoms with van der Waals surface area (Å²) in [4.78, 5) is 0. The summed E-state index contributed by atoms with van der Waals surface area (Å²) in [5, 5.41) is 12.7. The van der Waals surface area contributed by atoms with Gasteiger partial charge in [0.2, 0.25) is 0 Å². The van der Waals surface area contributed by atoms with Gasteiger partial charge in [-0.25, -0.2) is 0 Å². The van der Waals surface area contributed by atoms with Gasteiger partial charge in [-0.3, -0.25) is 5.32 Å². The van der Waals surface area contributed by atoms with Crippen molar-refractivity contribution in [3.8, 4) is 11.8 Å². The second-order valence-corrected chi connectivity index (χ2v) is 6.54. The Kier molecular flexibility index (Phi) is 5.25. The van der Waals surface area contributed by atoms with Gasteiger partial charge in [-0.15, -0.1) is 0 Å². The van der Waals surface area contributed by atoms with Gasteiger partial charge < -0.3 is 4.74 Å². The molecule has 0 saturated heterocycles. The minimum atomic E-state index is -0.412. The van der Waals surface area contributed by atoms with Crippen LogP contribution in [0.2, 0.25) is 0 Å². The maximum Gasteiger partial charge on any atom is 0.119 e. The van der Waals surface area contributed by atoms with Crippen LogP contribution in [0.25, 0.3) is 0 Å². The number of hydrogen-bond acceptors (Lipinski definition) is 3. The quantitative estimate of drug-likeness (QED) is 0.735. The second kappa shape index (κ2) is 6.95. The summed E-state index contributed by atoms with van der Waals surface area (Å²) in [6.45, 7) is 7.01. The summed E-state index contributed by atoms with van der Waals surface area (Å²) in [6, 6.07) is 11.2. The molecule has 0 bridgehead atoms. The molecule has 0 spiro atoms. The van der Waals surface area contributed by atoms with Crippen molar-refractivity contribution in [3.63, 3.8) is 0 Å². The first kappa shape index (κ1) is 15.9. The largest absolute Gasteiger partial charge is 0.494 e. The second-order valence-electron chi connectivity index (χ2n) is 6.54. The Labute approximate surface area is 128 Å². The molecule has 0 radical (unpaired) electrons. The Morgan fingerprint density at radius 2 is 2.19 bits per heavy atom. The Morgan fingerprint density at radius 1 is 1.43 bits per heavy atom. The van der Waals surface area contributed by atoms with Gasteiger partial charge in [0, 0.05) is 6.04 Å². The van der Waals surface area contributed by atoms with E-state index < -0.39 is 5.54 Å². The van der Waals surface area contributed by atoms with Crippen molar-refractivity contribution in [2.24, 2.45) is 0 Å². The van der Waals surface area contributed by atoms with Crippen LogP contribution in [0.1, 0.15) is 57.9 Å². The van der Waals surface area contributed by atoms with Crippen LogP contribution in [0.3, 0.4) is 0 Å². The molecule has 1 atom stereocenters. The van der Waals surface area contributed by atoms with Gasteiger partial charge in [0.1, 0.15) is 11.3 Å². The van der Waals surface area contributed by atoms with Crippen molar-refractivity contribution in [2.75, 3.05) is 6.61 Å². The van der Waals surface area contributed by atoms with E-state index in [9.17, 15) is 5.26 Å².